The Morgan fingerprint density at radius 3 is 2.70 bits per heavy atom. The first-order valence-corrected chi connectivity index (χ1v) is 7.27. The summed E-state index contributed by atoms with van der Waals surface area (Å²) in [6, 6.07) is 3.15. The minimum Gasteiger partial charge on any atom is -0.495 e. The number of hydrogen-bond acceptors (Lipinski definition) is 6. The zero-order valence-corrected chi connectivity index (χ0v) is 14.2. The number of benzene rings is 1. The zero-order valence-electron chi connectivity index (χ0n) is 12.7. The third-order valence-electron chi connectivity index (χ3n) is 2.66. The van der Waals surface area contributed by atoms with Crippen LogP contribution < -0.4 is 4.74 Å². The van der Waals surface area contributed by atoms with E-state index in [1.807, 2.05) is 0 Å². The summed E-state index contributed by atoms with van der Waals surface area (Å²) in [5.41, 5.74) is 0.842. The molecule has 124 valence electrons. The van der Waals surface area contributed by atoms with Crippen molar-refractivity contribution in [2.45, 2.75) is 6.61 Å². The molecule has 6 nitrogen and oxygen atoms in total. The van der Waals surface area contributed by atoms with Crippen LogP contribution in [0, 0.1) is 0 Å². The Kier molecular flexibility index (Phi) is 8.15. The number of methoxy groups -OCH3 is 2. The minimum absolute atomic E-state index is 0.0652. The molecule has 0 radical (unpaired) electrons. The van der Waals surface area contributed by atoms with Crippen molar-refractivity contribution in [2.75, 3.05) is 20.2 Å². The first-order chi connectivity index (χ1) is 11.1. The van der Waals surface area contributed by atoms with Gasteiger partial charge >= 0.3 is 5.97 Å². The van der Waals surface area contributed by atoms with Gasteiger partial charge in [0.2, 0.25) is 0 Å². The molecule has 0 N–H and O–H groups in total. The van der Waals surface area contributed by atoms with E-state index in [0.29, 0.717) is 27.7 Å². The van der Waals surface area contributed by atoms with Crippen LogP contribution in [0.3, 0.4) is 0 Å². The molecule has 23 heavy (non-hydrogen) atoms. The van der Waals surface area contributed by atoms with Crippen molar-refractivity contribution in [1.82, 2.24) is 0 Å². The first kappa shape index (κ1) is 19.0. The monoisotopic (exact) mass is 358 g/mol. The topological polar surface area (TPSA) is 69.5 Å². The van der Waals surface area contributed by atoms with Crippen molar-refractivity contribution in [3.8, 4) is 5.75 Å². The third kappa shape index (κ3) is 5.58. The maximum absolute atomic E-state index is 11.7. The lowest BCUT2D eigenvalue weighted by molar-refractivity contribution is 0.0600. The summed E-state index contributed by atoms with van der Waals surface area (Å²) in [5.74, 6) is 0.183. The number of esters is 1. The number of halogens is 2. The Bertz CT molecular complexity index is 630. The average molecular weight is 359 g/mol. The average Bonchev–Trinajstić information content (AvgIpc) is 2.57. The van der Waals surface area contributed by atoms with Crippen molar-refractivity contribution in [3.63, 3.8) is 0 Å². The van der Waals surface area contributed by atoms with Crippen LogP contribution in [0.25, 0.3) is 0 Å². The first-order valence-electron chi connectivity index (χ1n) is 6.36. The van der Waals surface area contributed by atoms with Crippen molar-refractivity contribution in [3.05, 3.63) is 40.2 Å². The van der Waals surface area contributed by atoms with Gasteiger partial charge in [-0.25, -0.2) is 4.79 Å². The second-order valence-corrected chi connectivity index (χ2v) is 4.69. The molecule has 0 aliphatic heterocycles. The number of nitrogens with zero attached hydrogens (tertiary/aromatic N) is 2. The molecular weight excluding hydrogens is 343 g/mol. The normalized spacial score (nSPS) is 11.4. The predicted molar refractivity (Wildman–Crippen MR) is 91.0 cm³/mol. The fourth-order valence-corrected chi connectivity index (χ4v) is 1.94. The van der Waals surface area contributed by atoms with Crippen molar-refractivity contribution in [2.24, 2.45) is 9.98 Å². The quantitative estimate of drug-likeness (QED) is 0.234. The van der Waals surface area contributed by atoms with Gasteiger partial charge in [0, 0.05) is 5.56 Å². The molecule has 0 aliphatic rings. The number of allylic oxidation sites excluding steroid dienone is 1. The molecule has 0 saturated carbocycles. The van der Waals surface area contributed by atoms with E-state index in [2.05, 4.69) is 16.7 Å². The summed E-state index contributed by atoms with van der Waals surface area (Å²) in [6.07, 6.45) is 2.79. The highest BCUT2D eigenvalue weighted by molar-refractivity contribution is 6.33. The number of aliphatic imine (C=N–C) groups is 2. The Morgan fingerprint density at radius 1 is 1.39 bits per heavy atom. The molecule has 1 aromatic rings. The van der Waals surface area contributed by atoms with Gasteiger partial charge in [-0.15, -0.1) is 11.6 Å². The molecule has 0 fully saturated rings. The Labute approximate surface area is 144 Å². The van der Waals surface area contributed by atoms with E-state index in [9.17, 15) is 4.79 Å². The largest absolute Gasteiger partial charge is 0.495 e. The molecule has 1 rings (SSSR count). The van der Waals surface area contributed by atoms with Crippen molar-refractivity contribution < 1.29 is 19.0 Å². The number of rotatable bonds is 8. The van der Waals surface area contributed by atoms with Crippen molar-refractivity contribution in [1.29, 1.82) is 0 Å². The van der Waals surface area contributed by atoms with Crippen LogP contribution in [0.4, 0.5) is 0 Å². The molecular formula is C15H16Cl2N2O4. The molecule has 0 atom stereocenters. The number of carbonyl (C=O) groups excluding carboxylic acids is 1. The van der Waals surface area contributed by atoms with Crippen LogP contribution in [-0.2, 0) is 16.1 Å². The molecule has 8 heteroatoms. The number of alkyl halides is 1. The minimum atomic E-state index is -0.506. The third-order valence-corrected chi connectivity index (χ3v) is 3.22. The molecule has 0 saturated heterocycles. The van der Waals surface area contributed by atoms with Crippen molar-refractivity contribution >= 4 is 42.1 Å². The van der Waals surface area contributed by atoms with Gasteiger partial charge in [-0.3, -0.25) is 9.98 Å². The second-order valence-electron chi connectivity index (χ2n) is 4.08. The number of ether oxygens (including phenoxy) is 3. The SMILES string of the molecule is C=N/C=C(\C=N/CCl)OCc1cc(C(=O)OC)cc(OC)c1Cl. The Morgan fingerprint density at radius 2 is 2.13 bits per heavy atom. The highest BCUT2D eigenvalue weighted by Gasteiger charge is 2.15. The van der Waals surface area contributed by atoms with E-state index >= 15 is 0 Å². The Hall–Kier alpha value is -2.05. The summed E-state index contributed by atoms with van der Waals surface area (Å²) in [6.45, 7) is 3.41. The molecule has 0 aromatic heterocycles. The van der Waals surface area contributed by atoms with Crippen LogP contribution in [0.5, 0.6) is 5.75 Å². The molecule has 0 unspecified atom stereocenters. The van der Waals surface area contributed by atoms with E-state index in [4.69, 9.17) is 37.4 Å². The lowest BCUT2D eigenvalue weighted by Gasteiger charge is -2.12. The highest BCUT2D eigenvalue weighted by Crippen LogP contribution is 2.31. The van der Waals surface area contributed by atoms with E-state index < -0.39 is 5.97 Å². The maximum Gasteiger partial charge on any atom is 0.337 e. The van der Waals surface area contributed by atoms with Crippen LogP contribution in [0.15, 0.2) is 34.1 Å². The van der Waals surface area contributed by atoms with Gasteiger partial charge in [0.25, 0.3) is 0 Å². The smallest absolute Gasteiger partial charge is 0.337 e. The fourth-order valence-electron chi connectivity index (χ4n) is 1.63. The van der Waals surface area contributed by atoms with Crippen LogP contribution in [-0.4, -0.2) is 39.1 Å². The van der Waals surface area contributed by atoms with Crippen LogP contribution in [0.1, 0.15) is 15.9 Å². The van der Waals surface area contributed by atoms with Crippen LogP contribution in [0.2, 0.25) is 5.02 Å². The molecule has 0 spiro atoms. The van der Waals surface area contributed by atoms with Gasteiger partial charge in [0.15, 0.2) is 5.76 Å². The second kappa shape index (κ2) is 9.86. The van der Waals surface area contributed by atoms with Gasteiger partial charge < -0.3 is 14.2 Å². The van der Waals surface area contributed by atoms with E-state index in [1.165, 1.54) is 32.7 Å². The van der Waals surface area contributed by atoms with E-state index in [-0.39, 0.29) is 12.6 Å². The molecule has 0 heterocycles. The van der Waals surface area contributed by atoms with E-state index in [0.717, 1.165) is 0 Å². The molecule has 1 aromatic carbocycles. The Balaban J connectivity index is 3.06. The van der Waals surface area contributed by atoms with Gasteiger partial charge in [0.05, 0.1) is 37.2 Å². The predicted octanol–water partition coefficient (Wildman–Crippen LogP) is 3.46. The lowest BCUT2D eigenvalue weighted by atomic mass is 10.1. The summed E-state index contributed by atoms with van der Waals surface area (Å²) in [4.78, 5) is 19.2. The number of carbonyl (C=O) groups is 1. The molecule has 0 aliphatic carbocycles. The van der Waals surface area contributed by atoms with Gasteiger partial charge in [-0.1, -0.05) is 11.6 Å². The van der Waals surface area contributed by atoms with Crippen LogP contribution >= 0.6 is 23.2 Å². The summed E-state index contributed by atoms with van der Waals surface area (Å²) in [5, 5.41) is 0.334. The standard InChI is InChI=1S/C15H16Cl2N2O4/c1-18-6-12(7-19-9-16)23-8-11-4-10(15(20)22-3)5-13(21-2)14(11)17/h4-7H,1,8-9H2,2-3H3/b12-6+,19-7-. The molecule has 0 bridgehead atoms. The van der Waals surface area contributed by atoms with Gasteiger partial charge in [0.1, 0.15) is 18.4 Å². The van der Waals surface area contributed by atoms with E-state index in [1.54, 1.807) is 6.07 Å². The molecule has 0 amide bonds. The number of hydrogen-bond donors (Lipinski definition) is 0. The van der Waals surface area contributed by atoms with Gasteiger partial charge in [-0.2, -0.15) is 0 Å². The fraction of sp³-hybridized carbons (Fsp3) is 0.267. The van der Waals surface area contributed by atoms with Gasteiger partial charge in [-0.05, 0) is 18.9 Å². The highest BCUT2D eigenvalue weighted by atomic mass is 35.5. The maximum atomic E-state index is 11.7. The lowest BCUT2D eigenvalue weighted by Crippen LogP contribution is -2.05. The summed E-state index contributed by atoms with van der Waals surface area (Å²) in [7, 11) is 2.74. The summed E-state index contributed by atoms with van der Waals surface area (Å²) < 4.78 is 15.4. The summed E-state index contributed by atoms with van der Waals surface area (Å²) >= 11 is 11.7. The zero-order chi connectivity index (χ0) is 17.2.